The number of rotatable bonds is 11. The van der Waals surface area contributed by atoms with Crippen molar-refractivity contribution in [3.63, 3.8) is 0 Å². The molecule has 0 aliphatic carbocycles. The first-order valence-corrected chi connectivity index (χ1v) is 10.9. The molecule has 0 spiro atoms. The van der Waals surface area contributed by atoms with Gasteiger partial charge in [-0.3, -0.25) is 9.59 Å². The number of anilines is 2. The SMILES string of the molecule is CCCCNC(=O)c1cccc(NC(=O)CNc2cccc(OCC3CCCO3)c2)c1. The molecule has 31 heavy (non-hydrogen) atoms. The van der Waals surface area contributed by atoms with Crippen LogP contribution in [0.15, 0.2) is 48.5 Å². The number of amides is 2. The van der Waals surface area contributed by atoms with Crippen molar-refractivity contribution in [2.45, 2.75) is 38.7 Å². The summed E-state index contributed by atoms with van der Waals surface area (Å²) in [7, 11) is 0. The maximum absolute atomic E-state index is 12.3. The standard InChI is InChI=1S/C24H31N3O4/c1-2-3-12-25-24(29)18-7-4-9-20(14-18)27-23(28)16-26-19-8-5-10-21(15-19)31-17-22-11-6-13-30-22/h4-5,7-10,14-15,22,26H,2-3,6,11-13,16-17H2,1H3,(H,25,29)(H,27,28). The smallest absolute Gasteiger partial charge is 0.251 e. The van der Waals surface area contributed by atoms with Crippen LogP contribution in [-0.4, -0.2) is 44.2 Å². The van der Waals surface area contributed by atoms with E-state index in [4.69, 9.17) is 9.47 Å². The van der Waals surface area contributed by atoms with E-state index >= 15 is 0 Å². The van der Waals surface area contributed by atoms with Crippen molar-refractivity contribution in [1.82, 2.24) is 5.32 Å². The molecule has 0 bridgehead atoms. The minimum absolute atomic E-state index is 0.0993. The third kappa shape index (κ3) is 7.61. The maximum Gasteiger partial charge on any atom is 0.251 e. The molecule has 1 fully saturated rings. The van der Waals surface area contributed by atoms with Gasteiger partial charge in [-0.15, -0.1) is 0 Å². The second-order valence-electron chi connectivity index (χ2n) is 7.57. The van der Waals surface area contributed by atoms with Crippen LogP contribution >= 0.6 is 0 Å². The van der Waals surface area contributed by atoms with E-state index in [-0.39, 0.29) is 24.5 Å². The first kappa shape index (κ1) is 22.6. The molecule has 1 atom stereocenters. The molecular formula is C24H31N3O4. The van der Waals surface area contributed by atoms with E-state index in [9.17, 15) is 9.59 Å². The summed E-state index contributed by atoms with van der Waals surface area (Å²) in [5.41, 5.74) is 1.91. The largest absolute Gasteiger partial charge is 0.491 e. The summed E-state index contributed by atoms with van der Waals surface area (Å²) in [6.07, 6.45) is 4.23. The summed E-state index contributed by atoms with van der Waals surface area (Å²) in [6, 6.07) is 14.4. The van der Waals surface area contributed by atoms with Crippen molar-refractivity contribution in [2.75, 3.05) is 36.9 Å². The van der Waals surface area contributed by atoms with E-state index in [1.165, 1.54) is 0 Å². The van der Waals surface area contributed by atoms with Gasteiger partial charge in [0.05, 0.1) is 12.6 Å². The highest BCUT2D eigenvalue weighted by molar-refractivity contribution is 5.98. The first-order chi connectivity index (χ1) is 15.1. The number of unbranched alkanes of at least 4 members (excludes halogenated alkanes) is 1. The van der Waals surface area contributed by atoms with Gasteiger partial charge < -0.3 is 25.4 Å². The van der Waals surface area contributed by atoms with Crippen LogP contribution in [-0.2, 0) is 9.53 Å². The summed E-state index contributed by atoms with van der Waals surface area (Å²) < 4.78 is 11.4. The lowest BCUT2D eigenvalue weighted by Crippen LogP contribution is -2.25. The summed E-state index contributed by atoms with van der Waals surface area (Å²) in [6.45, 7) is 4.16. The third-order valence-electron chi connectivity index (χ3n) is 4.97. The van der Waals surface area contributed by atoms with Crippen molar-refractivity contribution in [3.05, 3.63) is 54.1 Å². The van der Waals surface area contributed by atoms with Gasteiger partial charge in [0.25, 0.3) is 5.91 Å². The summed E-state index contributed by atoms with van der Waals surface area (Å²) in [5, 5.41) is 8.80. The highest BCUT2D eigenvalue weighted by Gasteiger charge is 2.16. The van der Waals surface area contributed by atoms with Crippen LogP contribution in [0, 0.1) is 0 Å². The Bertz CT molecular complexity index is 865. The Morgan fingerprint density at radius 1 is 1.13 bits per heavy atom. The zero-order valence-electron chi connectivity index (χ0n) is 18.0. The number of hydrogen-bond acceptors (Lipinski definition) is 5. The van der Waals surface area contributed by atoms with Crippen molar-refractivity contribution < 1.29 is 19.1 Å². The van der Waals surface area contributed by atoms with E-state index in [2.05, 4.69) is 22.9 Å². The van der Waals surface area contributed by atoms with E-state index in [1.807, 2.05) is 24.3 Å². The molecule has 1 unspecified atom stereocenters. The van der Waals surface area contributed by atoms with Crippen molar-refractivity contribution in [3.8, 4) is 5.75 Å². The summed E-state index contributed by atoms with van der Waals surface area (Å²) in [5.74, 6) is 0.402. The molecule has 7 heteroatoms. The Hall–Kier alpha value is -3.06. The van der Waals surface area contributed by atoms with Gasteiger partial charge in [0, 0.05) is 36.2 Å². The van der Waals surface area contributed by atoms with Crippen LogP contribution in [0.3, 0.4) is 0 Å². The van der Waals surface area contributed by atoms with E-state index in [0.717, 1.165) is 43.7 Å². The van der Waals surface area contributed by atoms with E-state index in [0.29, 0.717) is 24.4 Å². The van der Waals surface area contributed by atoms with Gasteiger partial charge >= 0.3 is 0 Å². The van der Waals surface area contributed by atoms with Crippen LogP contribution in [0.4, 0.5) is 11.4 Å². The maximum atomic E-state index is 12.3. The van der Waals surface area contributed by atoms with Crippen molar-refractivity contribution in [1.29, 1.82) is 0 Å². The van der Waals surface area contributed by atoms with Gasteiger partial charge in [0.1, 0.15) is 12.4 Å². The second-order valence-corrected chi connectivity index (χ2v) is 7.57. The molecule has 2 amide bonds. The minimum atomic E-state index is -0.200. The summed E-state index contributed by atoms with van der Waals surface area (Å²) >= 11 is 0. The number of carbonyl (C=O) groups excluding carboxylic acids is 2. The molecule has 0 radical (unpaired) electrons. The van der Waals surface area contributed by atoms with Gasteiger partial charge in [-0.1, -0.05) is 25.5 Å². The Balaban J connectivity index is 1.46. The molecule has 0 aromatic heterocycles. The molecule has 2 aromatic rings. The zero-order chi connectivity index (χ0) is 21.9. The molecule has 2 aromatic carbocycles. The van der Waals surface area contributed by atoms with Crippen LogP contribution in [0.5, 0.6) is 5.75 Å². The van der Waals surface area contributed by atoms with Crippen LogP contribution in [0.25, 0.3) is 0 Å². The fraction of sp³-hybridized carbons (Fsp3) is 0.417. The average Bonchev–Trinajstić information content (AvgIpc) is 3.31. The van der Waals surface area contributed by atoms with Crippen LogP contribution in [0.2, 0.25) is 0 Å². The molecule has 1 saturated heterocycles. The average molecular weight is 426 g/mol. The van der Waals surface area contributed by atoms with Gasteiger partial charge in [-0.05, 0) is 49.6 Å². The molecule has 7 nitrogen and oxygen atoms in total. The molecule has 1 heterocycles. The van der Waals surface area contributed by atoms with Gasteiger partial charge in [-0.2, -0.15) is 0 Å². The second kappa shape index (κ2) is 12.0. The Labute approximate surface area is 183 Å². The minimum Gasteiger partial charge on any atom is -0.491 e. The highest BCUT2D eigenvalue weighted by Crippen LogP contribution is 2.19. The van der Waals surface area contributed by atoms with Crippen LogP contribution < -0.4 is 20.7 Å². The molecule has 1 aliphatic rings. The predicted octanol–water partition coefficient (Wildman–Crippen LogP) is 3.82. The fourth-order valence-corrected chi connectivity index (χ4v) is 3.27. The van der Waals surface area contributed by atoms with Gasteiger partial charge in [0.2, 0.25) is 5.91 Å². The van der Waals surface area contributed by atoms with E-state index < -0.39 is 0 Å². The summed E-state index contributed by atoms with van der Waals surface area (Å²) in [4.78, 5) is 24.5. The molecule has 1 aliphatic heterocycles. The predicted molar refractivity (Wildman–Crippen MR) is 122 cm³/mol. The van der Waals surface area contributed by atoms with E-state index in [1.54, 1.807) is 24.3 Å². The highest BCUT2D eigenvalue weighted by atomic mass is 16.5. The van der Waals surface area contributed by atoms with Gasteiger partial charge in [0.15, 0.2) is 0 Å². The monoisotopic (exact) mass is 425 g/mol. The topological polar surface area (TPSA) is 88.7 Å². The molecule has 166 valence electrons. The molecule has 3 N–H and O–H groups in total. The number of carbonyl (C=O) groups is 2. The zero-order valence-corrected chi connectivity index (χ0v) is 18.0. The Morgan fingerprint density at radius 2 is 1.97 bits per heavy atom. The van der Waals surface area contributed by atoms with Gasteiger partial charge in [-0.25, -0.2) is 0 Å². The van der Waals surface area contributed by atoms with Crippen molar-refractivity contribution >= 4 is 23.2 Å². The Kier molecular flexibility index (Phi) is 8.72. The lowest BCUT2D eigenvalue weighted by atomic mass is 10.2. The normalized spacial score (nSPS) is 15.3. The van der Waals surface area contributed by atoms with Crippen LogP contribution in [0.1, 0.15) is 43.0 Å². The quantitative estimate of drug-likeness (QED) is 0.476. The lowest BCUT2D eigenvalue weighted by molar-refractivity contribution is -0.114. The molecular weight excluding hydrogens is 394 g/mol. The lowest BCUT2D eigenvalue weighted by Gasteiger charge is -2.13. The Morgan fingerprint density at radius 3 is 2.77 bits per heavy atom. The number of hydrogen-bond donors (Lipinski definition) is 3. The first-order valence-electron chi connectivity index (χ1n) is 10.9. The number of nitrogens with one attached hydrogen (secondary N) is 3. The molecule has 3 rings (SSSR count). The number of ether oxygens (including phenoxy) is 2. The number of benzene rings is 2. The fourth-order valence-electron chi connectivity index (χ4n) is 3.27. The molecule has 0 saturated carbocycles. The van der Waals surface area contributed by atoms with Crippen molar-refractivity contribution in [2.24, 2.45) is 0 Å². The third-order valence-corrected chi connectivity index (χ3v) is 4.97.